The van der Waals surface area contributed by atoms with E-state index < -0.39 is 41.3 Å². The lowest BCUT2D eigenvalue weighted by atomic mass is 9.94. The highest BCUT2D eigenvalue weighted by Gasteiger charge is 2.39. The van der Waals surface area contributed by atoms with Gasteiger partial charge in [0.15, 0.2) is 11.4 Å². The highest BCUT2D eigenvalue weighted by atomic mass is 19.4. The molecule has 230 valence electrons. The molecule has 0 radical (unpaired) electrons. The number of rotatable bonds is 11. The number of amides is 2. The normalized spacial score (nSPS) is 21.3. The summed E-state index contributed by atoms with van der Waals surface area (Å²) >= 11 is 0. The Bertz CT molecular complexity index is 1400. The summed E-state index contributed by atoms with van der Waals surface area (Å²) in [6.45, 7) is 5.03. The van der Waals surface area contributed by atoms with Gasteiger partial charge in [0.2, 0.25) is 5.91 Å². The van der Waals surface area contributed by atoms with Crippen LogP contribution in [0.15, 0.2) is 70.3 Å². The van der Waals surface area contributed by atoms with Crippen LogP contribution < -0.4 is 20.8 Å². The summed E-state index contributed by atoms with van der Waals surface area (Å²) in [6, 6.07) is 6.16. The fourth-order valence-corrected chi connectivity index (χ4v) is 4.46. The zero-order valence-electron chi connectivity index (χ0n) is 23.6. The van der Waals surface area contributed by atoms with Gasteiger partial charge in [0.1, 0.15) is 11.6 Å². The van der Waals surface area contributed by atoms with Gasteiger partial charge < -0.3 is 15.4 Å². The van der Waals surface area contributed by atoms with E-state index in [0.29, 0.717) is 26.1 Å². The van der Waals surface area contributed by atoms with Crippen LogP contribution in [0.3, 0.4) is 0 Å². The number of alkyl halides is 3. The fraction of sp³-hybridized carbons (Fsp3) is 0.429. The Labute approximate surface area is 245 Å². The van der Waals surface area contributed by atoms with E-state index in [4.69, 9.17) is 0 Å². The SMILES string of the molecule is CC1(CCCCN2CC(C)(C(=O)NCc3cccnc3)N=N2)C=CC(NC(=O)Cc2cc(OC(F)(F)F)ccc2F)=NN1. The maximum atomic E-state index is 14.0. The van der Waals surface area contributed by atoms with Gasteiger partial charge in [-0.15, -0.1) is 13.2 Å². The molecular formula is C28H32F4N8O3. The van der Waals surface area contributed by atoms with Crippen LogP contribution in [0.1, 0.15) is 44.2 Å². The molecule has 4 rings (SSSR count). The van der Waals surface area contributed by atoms with Gasteiger partial charge in [-0.05, 0) is 69.0 Å². The summed E-state index contributed by atoms with van der Waals surface area (Å²) in [4.78, 5) is 29.1. The Balaban J connectivity index is 1.16. The smallest absolute Gasteiger partial charge is 0.406 e. The summed E-state index contributed by atoms with van der Waals surface area (Å²) in [5.41, 5.74) is 2.18. The van der Waals surface area contributed by atoms with E-state index in [-0.39, 0.29) is 17.3 Å². The van der Waals surface area contributed by atoms with E-state index in [1.165, 1.54) is 0 Å². The number of hydrogen-bond acceptors (Lipinski definition) is 9. The molecule has 2 aliphatic rings. The van der Waals surface area contributed by atoms with Crippen molar-refractivity contribution in [3.8, 4) is 5.75 Å². The third-order valence-corrected chi connectivity index (χ3v) is 6.82. The predicted molar refractivity (Wildman–Crippen MR) is 148 cm³/mol. The number of pyridine rings is 1. The van der Waals surface area contributed by atoms with Crippen molar-refractivity contribution in [2.75, 3.05) is 13.1 Å². The first kappa shape index (κ1) is 31.4. The molecule has 0 saturated heterocycles. The molecule has 11 nitrogen and oxygen atoms in total. The van der Waals surface area contributed by atoms with E-state index in [0.717, 1.165) is 36.6 Å². The summed E-state index contributed by atoms with van der Waals surface area (Å²) in [7, 11) is 0. The number of carbonyl (C=O) groups excluding carboxylic acids is 2. The van der Waals surface area contributed by atoms with E-state index in [1.807, 2.05) is 19.1 Å². The van der Waals surface area contributed by atoms with E-state index in [1.54, 1.807) is 36.5 Å². The molecule has 1 aromatic carbocycles. The average Bonchev–Trinajstić information content (AvgIpc) is 3.35. The first-order valence-electron chi connectivity index (χ1n) is 13.6. The van der Waals surface area contributed by atoms with Crippen molar-refractivity contribution in [1.29, 1.82) is 0 Å². The van der Waals surface area contributed by atoms with Crippen molar-refractivity contribution in [3.63, 3.8) is 0 Å². The molecule has 0 aliphatic carbocycles. The molecule has 3 heterocycles. The molecule has 1 aromatic heterocycles. The van der Waals surface area contributed by atoms with Crippen molar-refractivity contribution >= 4 is 17.6 Å². The Morgan fingerprint density at radius 2 is 2.00 bits per heavy atom. The Hall–Kier alpha value is -4.56. The lowest BCUT2D eigenvalue weighted by molar-refractivity contribution is -0.274. The third kappa shape index (κ3) is 9.21. The number of unbranched alkanes of at least 4 members (excludes halogenated alkanes) is 1. The second-order valence-corrected chi connectivity index (χ2v) is 10.7. The highest BCUT2D eigenvalue weighted by Crippen LogP contribution is 2.26. The van der Waals surface area contributed by atoms with Gasteiger partial charge in [-0.2, -0.15) is 10.2 Å². The molecule has 0 spiro atoms. The molecule has 2 unspecified atom stereocenters. The van der Waals surface area contributed by atoms with Crippen LogP contribution in [0.25, 0.3) is 0 Å². The molecular weight excluding hydrogens is 572 g/mol. The molecule has 43 heavy (non-hydrogen) atoms. The van der Waals surface area contributed by atoms with E-state index in [9.17, 15) is 27.2 Å². The number of nitrogens with one attached hydrogen (secondary N) is 3. The molecule has 2 aliphatic heterocycles. The molecule has 15 heteroatoms. The Kier molecular flexibility index (Phi) is 9.61. The number of ether oxygens (including phenoxy) is 1. The average molecular weight is 605 g/mol. The van der Waals surface area contributed by atoms with Crippen LogP contribution in [-0.4, -0.2) is 58.2 Å². The van der Waals surface area contributed by atoms with Crippen molar-refractivity contribution < 1.29 is 31.9 Å². The number of hydrogen-bond donors (Lipinski definition) is 3. The highest BCUT2D eigenvalue weighted by molar-refractivity contribution is 6.05. The molecule has 2 atom stereocenters. The number of nitrogens with zero attached hydrogens (tertiary/aromatic N) is 5. The molecule has 0 bridgehead atoms. The van der Waals surface area contributed by atoms with E-state index in [2.05, 4.69) is 41.2 Å². The van der Waals surface area contributed by atoms with Gasteiger partial charge in [-0.3, -0.25) is 25.0 Å². The molecule has 2 amide bonds. The Morgan fingerprint density at radius 3 is 2.70 bits per heavy atom. The van der Waals surface area contributed by atoms with E-state index >= 15 is 0 Å². The van der Waals surface area contributed by atoms with Gasteiger partial charge in [0, 0.05) is 31.0 Å². The lowest BCUT2D eigenvalue weighted by Crippen LogP contribution is -2.46. The second-order valence-electron chi connectivity index (χ2n) is 10.7. The zero-order valence-corrected chi connectivity index (χ0v) is 23.6. The topological polar surface area (TPSA) is 133 Å². The summed E-state index contributed by atoms with van der Waals surface area (Å²) in [6.07, 6.45) is 3.66. The summed E-state index contributed by atoms with van der Waals surface area (Å²) < 4.78 is 55.2. The molecule has 0 saturated carbocycles. The van der Waals surface area contributed by atoms with Crippen molar-refractivity contribution in [2.45, 2.75) is 63.5 Å². The minimum atomic E-state index is -4.93. The van der Waals surface area contributed by atoms with Crippen LogP contribution >= 0.6 is 0 Å². The number of aromatic nitrogens is 1. The van der Waals surface area contributed by atoms with Gasteiger partial charge in [0.25, 0.3) is 5.91 Å². The van der Waals surface area contributed by atoms with Crippen LogP contribution in [0, 0.1) is 5.82 Å². The molecule has 0 fully saturated rings. The molecule has 2 aromatic rings. The monoisotopic (exact) mass is 604 g/mol. The predicted octanol–water partition coefficient (Wildman–Crippen LogP) is 3.94. The minimum Gasteiger partial charge on any atom is -0.406 e. The van der Waals surface area contributed by atoms with Crippen molar-refractivity contribution in [3.05, 3.63) is 71.8 Å². The van der Waals surface area contributed by atoms with Gasteiger partial charge in [0.05, 0.1) is 18.5 Å². The first-order valence-corrected chi connectivity index (χ1v) is 13.6. The number of hydrazone groups is 1. The maximum absolute atomic E-state index is 14.0. The quantitative estimate of drug-likeness (QED) is 0.263. The lowest BCUT2D eigenvalue weighted by Gasteiger charge is -2.29. The van der Waals surface area contributed by atoms with Crippen LogP contribution in [-0.2, 0) is 22.6 Å². The third-order valence-electron chi connectivity index (χ3n) is 6.82. The zero-order chi connectivity index (χ0) is 31.1. The van der Waals surface area contributed by atoms with Gasteiger partial charge in [-0.25, -0.2) is 4.39 Å². The number of amidine groups is 1. The van der Waals surface area contributed by atoms with Gasteiger partial charge in [-0.1, -0.05) is 17.4 Å². The summed E-state index contributed by atoms with van der Waals surface area (Å²) in [5, 5.41) is 19.7. The Morgan fingerprint density at radius 1 is 1.19 bits per heavy atom. The number of halogens is 4. The second kappa shape index (κ2) is 13.2. The molecule has 3 N–H and O–H groups in total. The van der Waals surface area contributed by atoms with Crippen molar-refractivity contribution in [1.82, 2.24) is 26.1 Å². The largest absolute Gasteiger partial charge is 0.573 e. The number of carbonyl (C=O) groups is 2. The van der Waals surface area contributed by atoms with Crippen LogP contribution in [0.4, 0.5) is 17.6 Å². The van der Waals surface area contributed by atoms with Crippen molar-refractivity contribution in [2.24, 2.45) is 15.4 Å². The van der Waals surface area contributed by atoms with Crippen LogP contribution in [0.2, 0.25) is 0 Å². The standard InChI is InChI=1S/C28H32F4N8O3/c1-26(10-3-4-13-40-18-27(2,38-39-40)25(42)34-17-19-6-5-12-33-16-19)11-9-23(36-37-26)35-24(41)15-20-14-21(7-8-22(20)29)43-28(30,31)32/h5-9,11-12,14,16,37H,3-4,10,13,15,17-18H2,1-2H3,(H,34,42)(H,35,36,41). The van der Waals surface area contributed by atoms with Gasteiger partial charge >= 0.3 is 6.36 Å². The fourth-order valence-electron chi connectivity index (χ4n) is 4.46. The minimum absolute atomic E-state index is 0.184. The van der Waals surface area contributed by atoms with Crippen LogP contribution in [0.5, 0.6) is 5.75 Å². The first-order chi connectivity index (χ1) is 20.3. The summed E-state index contributed by atoms with van der Waals surface area (Å²) in [5.74, 6) is -2.13. The number of benzene rings is 1. The maximum Gasteiger partial charge on any atom is 0.573 e.